The highest BCUT2D eigenvalue weighted by Crippen LogP contribution is 2.25. The number of anilines is 1. The van der Waals surface area contributed by atoms with E-state index >= 15 is 0 Å². The van der Waals surface area contributed by atoms with Crippen molar-refractivity contribution in [3.63, 3.8) is 0 Å². The molecule has 0 unspecified atom stereocenters. The first-order chi connectivity index (χ1) is 16.2. The molecule has 7 nitrogen and oxygen atoms in total. The second-order valence-corrected chi connectivity index (χ2v) is 10.0. The van der Waals surface area contributed by atoms with Crippen molar-refractivity contribution in [2.45, 2.75) is 6.54 Å². The fourth-order valence-corrected chi connectivity index (χ4v) is 4.77. The van der Waals surface area contributed by atoms with Gasteiger partial charge in [0.15, 0.2) is 0 Å². The van der Waals surface area contributed by atoms with Gasteiger partial charge in [-0.1, -0.05) is 48.0 Å². The van der Waals surface area contributed by atoms with Crippen molar-refractivity contribution in [3.8, 4) is 0 Å². The minimum atomic E-state index is -3.57. The lowest BCUT2D eigenvalue weighted by molar-refractivity contribution is 0.0603. The number of methoxy groups -OCH3 is 1. The third kappa shape index (κ3) is 4.69. The number of fused-ring (bicyclic) bond motifs is 1. The largest absolute Gasteiger partial charge is 0.465 e. The third-order valence-electron chi connectivity index (χ3n) is 5.36. The van der Waals surface area contributed by atoms with E-state index in [0.29, 0.717) is 38.3 Å². The molecule has 0 aliphatic carbocycles. The van der Waals surface area contributed by atoms with Crippen LogP contribution in [0.2, 0.25) is 5.02 Å². The van der Waals surface area contributed by atoms with E-state index in [-0.39, 0.29) is 12.5 Å². The number of ether oxygens (including phenoxy) is 1. The molecule has 0 saturated heterocycles. The molecule has 1 heterocycles. The van der Waals surface area contributed by atoms with Gasteiger partial charge in [0.05, 0.1) is 36.7 Å². The number of halogens is 1. The molecule has 0 atom stereocenters. The summed E-state index contributed by atoms with van der Waals surface area (Å²) in [6.45, 7) is 0.0760. The van der Waals surface area contributed by atoms with E-state index in [1.165, 1.54) is 22.2 Å². The highest BCUT2D eigenvalue weighted by atomic mass is 35.5. The molecule has 4 aromatic rings. The average molecular weight is 497 g/mol. The molecular weight excluding hydrogens is 476 g/mol. The van der Waals surface area contributed by atoms with Crippen molar-refractivity contribution in [3.05, 3.63) is 101 Å². The van der Waals surface area contributed by atoms with Crippen LogP contribution in [-0.2, 0) is 21.3 Å². The first-order valence-electron chi connectivity index (χ1n) is 10.2. The molecule has 0 N–H and O–H groups in total. The predicted molar refractivity (Wildman–Crippen MR) is 132 cm³/mol. The molecule has 9 heteroatoms. The standard InChI is InChI=1S/C25H21ClN2O5S/c1-33-25(30)22-16-27(23-9-4-3-8-21(22)23)24(29)18-12-10-17(11-13-18)15-28(34(2,31)32)20-7-5-6-19(26)14-20/h3-14,16H,15H2,1-2H3. The lowest BCUT2D eigenvalue weighted by Gasteiger charge is -2.22. The summed E-state index contributed by atoms with van der Waals surface area (Å²) in [6.07, 6.45) is 2.60. The van der Waals surface area contributed by atoms with Crippen LogP contribution >= 0.6 is 11.6 Å². The van der Waals surface area contributed by atoms with Gasteiger partial charge in [-0.15, -0.1) is 0 Å². The van der Waals surface area contributed by atoms with Crippen LogP contribution in [0.15, 0.2) is 79.0 Å². The van der Waals surface area contributed by atoms with Crippen LogP contribution in [0.4, 0.5) is 5.69 Å². The SMILES string of the molecule is COC(=O)c1cn(C(=O)c2ccc(CN(c3cccc(Cl)c3)S(C)(=O)=O)cc2)c2ccccc12. The van der Waals surface area contributed by atoms with Crippen LogP contribution in [-0.4, -0.2) is 38.2 Å². The van der Waals surface area contributed by atoms with Crippen LogP contribution < -0.4 is 4.31 Å². The molecule has 0 radical (unpaired) electrons. The quantitative estimate of drug-likeness (QED) is 0.360. The highest BCUT2D eigenvalue weighted by molar-refractivity contribution is 7.92. The third-order valence-corrected chi connectivity index (χ3v) is 6.74. The molecule has 0 aliphatic rings. The number of hydrogen-bond donors (Lipinski definition) is 0. The van der Waals surface area contributed by atoms with Crippen LogP contribution in [0, 0.1) is 0 Å². The van der Waals surface area contributed by atoms with E-state index in [1.54, 1.807) is 72.8 Å². The number of esters is 1. The summed E-state index contributed by atoms with van der Waals surface area (Å²) in [5.41, 5.74) is 2.41. The Kier molecular flexibility index (Phi) is 6.45. The summed E-state index contributed by atoms with van der Waals surface area (Å²) in [4.78, 5) is 25.4. The Morgan fingerprint density at radius 2 is 1.71 bits per heavy atom. The number of benzene rings is 3. The zero-order valence-corrected chi connectivity index (χ0v) is 20.0. The summed E-state index contributed by atoms with van der Waals surface area (Å²) in [5, 5.41) is 1.04. The molecule has 1 aromatic heterocycles. The van der Waals surface area contributed by atoms with E-state index < -0.39 is 16.0 Å². The first-order valence-corrected chi connectivity index (χ1v) is 12.5. The Morgan fingerprint density at radius 1 is 1.00 bits per heavy atom. The smallest absolute Gasteiger partial charge is 0.340 e. The molecule has 0 fully saturated rings. The molecule has 0 bridgehead atoms. The average Bonchev–Trinajstić information content (AvgIpc) is 3.21. The Bertz CT molecular complexity index is 1490. The van der Waals surface area contributed by atoms with Gasteiger partial charge >= 0.3 is 5.97 Å². The van der Waals surface area contributed by atoms with Crippen molar-refractivity contribution < 1.29 is 22.7 Å². The maximum atomic E-state index is 13.2. The minimum Gasteiger partial charge on any atom is -0.465 e. The number of rotatable bonds is 6. The normalized spacial score (nSPS) is 11.4. The number of aromatic nitrogens is 1. The Balaban J connectivity index is 1.64. The summed E-state index contributed by atoms with van der Waals surface area (Å²) < 4.78 is 32.3. The molecule has 34 heavy (non-hydrogen) atoms. The van der Waals surface area contributed by atoms with Gasteiger partial charge in [0.25, 0.3) is 5.91 Å². The molecule has 0 amide bonds. The van der Waals surface area contributed by atoms with Gasteiger partial charge in [-0.25, -0.2) is 13.2 Å². The number of carbonyl (C=O) groups excluding carboxylic acids is 2. The second-order valence-electron chi connectivity index (χ2n) is 7.67. The summed E-state index contributed by atoms with van der Waals surface area (Å²) in [7, 11) is -2.28. The van der Waals surface area contributed by atoms with Gasteiger partial charge in [-0.2, -0.15) is 0 Å². The van der Waals surface area contributed by atoms with Crippen molar-refractivity contribution in [2.75, 3.05) is 17.7 Å². The van der Waals surface area contributed by atoms with Gasteiger partial charge < -0.3 is 4.74 Å². The number of carbonyl (C=O) groups is 2. The number of sulfonamides is 1. The zero-order chi connectivity index (χ0) is 24.5. The van der Waals surface area contributed by atoms with E-state index in [1.807, 2.05) is 0 Å². The monoisotopic (exact) mass is 496 g/mol. The topological polar surface area (TPSA) is 85.7 Å². The van der Waals surface area contributed by atoms with Gasteiger partial charge in [0, 0.05) is 22.2 Å². The maximum Gasteiger partial charge on any atom is 0.340 e. The fourth-order valence-electron chi connectivity index (χ4n) is 3.71. The second kappa shape index (κ2) is 9.32. The highest BCUT2D eigenvalue weighted by Gasteiger charge is 2.21. The number of nitrogens with zero attached hydrogens (tertiary/aromatic N) is 2. The zero-order valence-electron chi connectivity index (χ0n) is 18.4. The van der Waals surface area contributed by atoms with E-state index in [4.69, 9.17) is 16.3 Å². The fraction of sp³-hybridized carbons (Fsp3) is 0.120. The van der Waals surface area contributed by atoms with Gasteiger partial charge in [-0.3, -0.25) is 13.7 Å². The van der Waals surface area contributed by atoms with E-state index in [0.717, 1.165) is 6.26 Å². The van der Waals surface area contributed by atoms with Crippen LogP contribution in [0.1, 0.15) is 26.3 Å². The minimum absolute atomic E-state index is 0.0760. The first kappa shape index (κ1) is 23.5. The van der Waals surface area contributed by atoms with Gasteiger partial charge in [0.2, 0.25) is 10.0 Å². The Hall–Kier alpha value is -3.62. The molecule has 0 saturated carbocycles. The van der Waals surface area contributed by atoms with Crippen molar-refractivity contribution in [2.24, 2.45) is 0 Å². The molecule has 0 aliphatic heterocycles. The van der Waals surface area contributed by atoms with Crippen molar-refractivity contribution >= 4 is 50.1 Å². The van der Waals surface area contributed by atoms with Crippen LogP contribution in [0.3, 0.4) is 0 Å². The maximum absolute atomic E-state index is 13.2. The molecule has 4 rings (SSSR count). The number of hydrogen-bond acceptors (Lipinski definition) is 5. The summed E-state index contributed by atoms with van der Waals surface area (Å²) >= 11 is 6.04. The summed E-state index contributed by atoms with van der Waals surface area (Å²) in [6, 6.07) is 20.3. The summed E-state index contributed by atoms with van der Waals surface area (Å²) in [5.74, 6) is -0.854. The molecule has 174 valence electrons. The molecule has 3 aromatic carbocycles. The van der Waals surface area contributed by atoms with Crippen molar-refractivity contribution in [1.29, 1.82) is 0 Å². The van der Waals surface area contributed by atoms with Crippen LogP contribution in [0.25, 0.3) is 10.9 Å². The molecule has 0 spiro atoms. The van der Waals surface area contributed by atoms with E-state index in [9.17, 15) is 18.0 Å². The predicted octanol–water partition coefficient (Wildman–Crippen LogP) is 4.74. The van der Waals surface area contributed by atoms with Crippen LogP contribution in [0.5, 0.6) is 0 Å². The Labute approximate surface area is 202 Å². The van der Waals surface area contributed by atoms with Crippen molar-refractivity contribution in [1.82, 2.24) is 4.57 Å². The number of para-hydroxylation sites is 1. The van der Waals surface area contributed by atoms with E-state index in [2.05, 4.69) is 0 Å². The Morgan fingerprint density at radius 3 is 2.35 bits per heavy atom. The van der Waals surface area contributed by atoms with Gasteiger partial charge in [0.1, 0.15) is 0 Å². The molecular formula is C25H21ClN2O5S. The lowest BCUT2D eigenvalue weighted by Crippen LogP contribution is -2.29. The van der Waals surface area contributed by atoms with Gasteiger partial charge in [-0.05, 0) is 42.0 Å². The lowest BCUT2D eigenvalue weighted by atomic mass is 10.1.